The van der Waals surface area contributed by atoms with Crippen molar-refractivity contribution >= 4 is 28.3 Å². The van der Waals surface area contributed by atoms with Gasteiger partial charge in [-0.25, -0.2) is 0 Å². The summed E-state index contributed by atoms with van der Waals surface area (Å²) in [4.78, 5) is 24.2. The highest BCUT2D eigenvalue weighted by molar-refractivity contribution is 6.08. The molecule has 5 nitrogen and oxygen atoms in total. The molecule has 1 N–H and O–H groups in total. The lowest BCUT2D eigenvalue weighted by atomic mass is 10.1. The summed E-state index contributed by atoms with van der Waals surface area (Å²) in [5.74, 6) is 0.307. The number of carbonyl (C=O) groups excluding carboxylic acids is 2. The Morgan fingerprint density at radius 3 is 2.48 bits per heavy atom. The highest BCUT2D eigenvalue weighted by Crippen LogP contribution is 2.29. The molecule has 3 aromatic carbocycles. The second-order valence-electron chi connectivity index (χ2n) is 6.20. The van der Waals surface area contributed by atoms with E-state index >= 15 is 0 Å². The van der Waals surface area contributed by atoms with Crippen molar-refractivity contribution in [2.45, 2.75) is 6.92 Å². The summed E-state index contributed by atoms with van der Waals surface area (Å²) in [6, 6.07) is 21.7. The summed E-state index contributed by atoms with van der Waals surface area (Å²) < 4.78 is 5.48. The van der Waals surface area contributed by atoms with E-state index in [9.17, 15) is 9.59 Å². The van der Waals surface area contributed by atoms with Crippen LogP contribution in [0.4, 0.5) is 5.69 Å². The first-order valence-corrected chi connectivity index (χ1v) is 8.49. The molecule has 0 saturated carbocycles. The van der Waals surface area contributed by atoms with Crippen LogP contribution in [-0.2, 0) is 0 Å². The van der Waals surface area contributed by atoms with Crippen LogP contribution in [0.2, 0.25) is 0 Å². The summed E-state index contributed by atoms with van der Waals surface area (Å²) in [5, 5.41) is 7.66. The molecule has 132 valence electrons. The van der Waals surface area contributed by atoms with Crippen LogP contribution >= 0.6 is 0 Å². The molecule has 0 aliphatic rings. The predicted molar refractivity (Wildman–Crippen MR) is 104 cm³/mol. The number of benzene rings is 3. The minimum Gasteiger partial charge on any atom is -0.355 e. The maximum atomic E-state index is 12.7. The summed E-state index contributed by atoms with van der Waals surface area (Å²) in [6.07, 6.45) is 0. The summed E-state index contributed by atoms with van der Waals surface area (Å²) in [5.41, 5.74) is 3.18. The van der Waals surface area contributed by atoms with E-state index in [0.29, 0.717) is 28.1 Å². The number of hydrogen-bond acceptors (Lipinski definition) is 4. The first kappa shape index (κ1) is 16.7. The molecular formula is C22H16N2O3. The molecule has 27 heavy (non-hydrogen) atoms. The van der Waals surface area contributed by atoms with Crippen molar-refractivity contribution < 1.29 is 14.1 Å². The number of amides is 1. The minimum absolute atomic E-state index is 0.0514. The van der Waals surface area contributed by atoms with Gasteiger partial charge in [0.1, 0.15) is 5.52 Å². The number of Topliss-reactive ketones (excluding diaryl/α,β-unsaturated/α-hetero) is 1. The Hall–Kier alpha value is -3.73. The van der Waals surface area contributed by atoms with Crippen molar-refractivity contribution in [3.8, 4) is 11.3 Å². The molecule has 5 heteroatoms. The molecule has 1 amide bonds. The first-order valence-electron chi connectivity index (χ1n) is 8.49. The van der Waals surface area contributed by atoms with E-state index in [0.717, 1.165) is 10.9 Å². The van der Waals surface area contributed by atoms with E-state index < -0.39 is 0 Å². The van der Waals surface area contributed by atoms with Crippen molar-refractivity contribution in [2.75, 3.05) is 5.32 Å². The van der Waals surface area contributed by atoms with Crippen molar-refractivity contribution in [3.63, 3.8) is 0 Å². The molecule has 0 aliphatic carbocycles. The zero-order valence-electron chi connectivity index (χ0n) is 14.6. The predicted octanol–water partition coefficient (Wildman–Crippen LogP) is 4.95. The second kappa shape index (κ2) is 6.88. The number of carbonyl (C=O) groups is 2. The Labute approximate surface area is 155 Å². The van der Waals surface area contributed by atoms with Crippen LogP contribution in [0.15, 0.2) is 77.3 Å². The van der Waals surface area contributed by atoms with Gasteiger partial charge in [-0.1, -0.05) is 47.6 Å². The van der Waals surface area contributed by atoms with Crippen LogP contribution in [0.1, 0.15) is 27.6 Å². The lowest BCUT2D eigenvalue weighted by Crippen LogP contribution is -2.12. The molecule has 0 radical (unpaired) electrons. The zero-order chi connectivity index (χ0) is 18.8. The second-order valence-corrected chi connectivity index (χ2v) is 6.20. The summed E-state index contributed by atoms with van der Waals surface area (Å²) >= 11 is 0. The van der Waals surface area contributed by atoms with E-state index in [1.165, 1.54) is 6.92 Å². The van der Waals surface area contributed by atoms with E-state index in [1.54, 1.807) is 42.5 Å². The molecule has 0 bridgehead atoms. The molecule has 1 heterocycles. The Morgan fingerprint density at radius 1 is 0.889 bits per heavy atom. The molecule has 0 spiro atoms. The Balaban J connectivity index is 1.66. The molecule has 1 aromatic heterocycles. The number of fused-ring (bicyclic) bond motifs is 1. The van der Waals surface area contributed by atoms with Crippen molar-refractivity contribution in [2.24, 2.45) is 0 Å². The van der Waals surface area contributed by atoms with Gasteiger partial charge in [0.2, 0.25) is 0 Å². The van der Waals surface area contributed by atoms with Gasteiger partial charge in [0.15, 0.2) is 11.5 Å². The van der Waals surface area contributed by atoms with Crippen molar-refractivity contribution in [1.82, 2.24) is 5.16 Å². The number of nitrogens with zero attached hydrogens (tertiary/aromatic N) is 1. The average Bonchev–Trinajstić information content (AvgIpc) is 3.12. The largest absolute Gasteiger partial charge is 0.355 e. The Bertz CT molecular complexity index is 1150. The summed E-state index contributed by atoms with van der Waals surface area (Å²) in [6.45, 7) is 1.49. The number of hydrogen-bond donors (Lipinski definition) is 1. The average molecular weight is 356 g/mol. The molecule has 4 rings (SSSR count). The maximum Gasteiger partial charge on any atom is 0.255 e. The third-order valence-corrected chi connectivity index (χ3v) is 4.30. The number of nitrogens with one attached hydrogen (secondary N) is 1. The van der Waals surface area contributed by atoms with E-state index in [1.807, 2.05) is 30.3 Å². The molecule has 0 saturated heterocycles. The fraction of sp³-hybridized carbons (Fsp3) is 0.0455. The van der Waals surface area contributed by atoms with E-state index in [-0.39, 0.29) is 11.7 Å². The van der Waals surface area contributed by atoms with Gasteiger partial charge in [-0.2, -0.15) is 0 Å². The number of aromatic nitrogens is 1. The minimum atomic E-state index is -0.266. The topological polar surface area (TPSA) is 72.2 Å². The van der Waals surface area contributed by atoms with Gasteiger partial charge in [-0.3, -0.25) is 9.59 Å². The Kier molecular flexibility index (Phi) is 4.26. The molecule has 0 unspecified atom stereocenters. The van der Waals surface area contributed by atoms with Gasteiger partial charge in [-0.05, 0) is 37.3 Å². The fourth-order valence-electron chi connectivity index (χ4n) is 2.90. The van der Waals surface area contributed by atoms with Crippen LogP contribution in [-0.4, -0.2) is 16.8 Å². The first-order chi connectivity index (χ1) is 13.1. The summed E-state index contributed by atoms with van der Waals surface area (Å²) in [7, 11) is 0. The fourth-order valence-corrected chi connectivity index (χ4v) is 2.90. The number of rotatable bonds is 4. The van der Waals surface area contributed by atoms with Gasteiger partial charge in [-0.15, -0.1) is 0 Å². The van der Waals surface area contributed by atoms with Gasteiger partial charge in [0.25, 0.3) is 5.91 Å². The van der Waals surface area contributed by atoms with E-state index in [2.05, 4.69) is 10.5 Å². The van der Waals surface area contributed by atoms with Crippen LogP contribution in [0.3, 0.4) is 0 Å². The van der Waals surface area contributed by atoms with Gasteiger partial charge < -0.3 is 9.84 Å². The highest BCUT2D eigenvalue weighted by atomic mass is 16.5. The third kappa shape index (κ3) is 3.35. The van der Waals surface area contributed by atoms with Crippen LogP contribution in [0, 0.1) is 0 Å². The lowest BCUT2D eigenvalue weighted by Gasteiger charge is -2.06. The molecular weight excluding hydrogens is 340 g/mol. The quantitative estimate of drug-likeness (QED) is 0.525. The van der Waals surface area contributed by atoms with Gasteiger partial charge >= 0.3 is 0 Å². The normalized spacial score (nSPS) is 10.7. The maximum absolute atomic E-state index is 12.7. The molecule has 0 aliphatic heterocycles. The third-order valence-electron chi connectivity index (χ3n) is 4.30. The zero-order valence-corrected chi connectivity index (χ0v) is 14.6. The SMILES string of the molecule is CC(=O)c1cccc(NC(=O)c2ccc3noc(-c4ccccc4)c3c2)c1. The van der Waals surface area contributed by atoms with Gasteiger partial charge in [0, 0.05) is 22.4 Å². The van der Waals surface area contributed by atoms with Crippen LogP contribution < -0.4 is 5.32 Å². The van der Waals surface area contributed by atoms with Crippen molar-refractivity contribution in [3.05, 3.63) is 83.9 Å². The van der Waals surface area contributed by atoms with E-state index in [4.69, 9.17) is 4.52 Å². The van der Waals surface area contributed by atoms with Crippen LogP contribution in [0.5, 0.6) is 0 Å². The number of ketones is 1. The van der Waals surface area contributed by atoms with Crippen LogP contribution in [0.25, 0.3) is 22.2 Å². The highest BCUT2D eigenvalue weighted by Gasteiger charge is 2.14. The molecule has 4 aromatic rings. The van der Waals surface area contributed by atoms with Gasteiger partial charge in [0.05, 0.1) is 5.39 Å². The molecule has 0 fully saturated rings. The number of anilines is 1. The Morgan fingerprint density at radius 2 is 1.70 bits per heavy atom. The monoisotopic (exact) mass is 356 g/mol. The smallest absolute Gasteiger partial charge is 0.255 e. The lowest BCUT2D eigenvalue weighted by molar-refractivity contribution is 0.101. The standard InChI is InChI=1S/C22H16N2O3/c1-14(25)16-8-5-9-18(12-16)23-22(26)17-10-11-20-19(13-17)21(27-24-20)15-6-3-2-4-7-15/h2-13H,1H3,(H,23,26). The molecule has 0 atom stereocenters. The van der Waals surface area contributed by atoms with Crippen molar-refractivity contribution in [1.29, 1.82) is 0 Å².